The van der Waals surface area contributed by atoms with E-state index in [2.05, 4.69) is 25.8 Å². The summed E-state index contributed by atoms with van der Waals surface area (Å²) in [4.78, 5) is 28.0. The molecule has 3 aromatic rings. The van der Waals surface area contributed by atoms with Crippen LogP contribution in [0, 0.1) is 0 Å². The number of aromatic nitrogens is 3. The topological polar surface area (TPSA) is 99.8 Å². The van der Waals surface area contributed by atoms with Crippen LogP contribution in [-0.2, 0) is 0 Å². The van der Waals surface area contributed by atoms with Crippen LogP contribution in [0.2, 0.25) is 5.02 Å². The van der Waals surface area contributed by atoms with Gasteiger partial charge in [0.05, 0.1) is 5.69 Å². The minimum absolute atomic E-state index is 0.261. The summed E-state index contributed by atoms with van der Waals surface area (Å²) in [6.07, 6.45) is 2.05. The van der Waals surface area contributed by atoms with Crippen LogP contribution in [0.5, 0.6) is 0 Å². The van der Waals surface area contributed by atoms with E-state index in [4.69, 9.17) is 11.6 Å². The SMILES string of the molecule is O=C(NCCCNC(=O)c1cc(-c2ccccc2)[nH]n1)c1cc(Cl)ccn1. The fourth-order valence-corrected chi connectivity index (χ4v) is 2.57. The highest BCUT2D eigenvalue weighted by Gasteiger charge is 2.11. The second kappa shape index (κ2) is 8.95. The van der Waals surface area contributed by atoms with Gasteiger partial charge >= 0.3 is 0 Å². The number of aromatic amines is 1. The van der Waals surface area contributed by atoms with E-state index in [9.17, 15) is 9.59 Å². The number of nitrogens with zero attached hydrogens (tertiary/aromatic N) is 2. The molecule has 0 bridgehead atoms. The van der Waals surface area contributed by atoms with E-state index >= 15 is 0 Å². The van der Waals surface area contributed by atoms with Crippen LogP contribution < -0.4 is 10.6 Å². The predicted octanol–water partition coefficient (Wildman–Crippen LogP) is 2.67. The second-order valence-electron chi connectivity index (χ2n) is 5.76. The first kappa shape index (κ1) is 18.6. The maximum atomic E-state index is 12.1. The first-order chi connectivity index (χ1) is 13.1. The number of amides is 2. The number of pyridine rings is 1. The molecule has 3 rings (SSSR count). The van der Waals surface area contributed by atoms with Gasteiger partial charge in [0.2, 0.25) is 0 Å². The van der Waals surface area contributed by atoms with Crippen LogP contribution >= 0.6 is 11.6 Å². The van der Waals surface area contributed by atoms with Gasteiger partial charge < -0.3 is 10.6 Å². The molecule has 0 atom stereocenters. The van der Waals surface area contributed by atoms with Crippen molar-refractivity contribution in [3.63, 3.8) is 0 Å². The lowest BCUT2D eigenvalue weighted by Gasteiger charge is -2.05. The lowest BCUT2D eigenvalue weighted by atomic mass is 10.1. The van der Waals surface area contributed by atoms with Crippen molar-refractivity contribution in [1.29, 1.82) is 0 Å². The van der Waals surface area contributed by atoms with Crippen LogP contribution in [0.3, 0.4) is 0 Å². The summed E-state index contributed by atoms with van der Waals surface area (Å²) in [5.41, 5.74) is 2.32. The van der Waals surface area contributed by atoms with Crippen LogP contribution in [-0.4, -0.2) is 40.1 Å². The van der Waals surface area contributed by atoms with Crippen LogP contribution in [0.1, 0.15) is 27.4 Å². The summed E-state index contributed by atoms with van der Waals surface area (Å²) in [6, 6.07) is 14.4. The Morgan fingerprint density at radius 1 is 0.963 bits per heavy atom. The van der Waals surface area contributed by atoms with E-state index in [1.165, 1.54) is 12.3 Å². The quantitative estimate of drug-likeness (QED) is 0.546. The van der Waals surface area contributed by atoms with Gasteiger partial charge in [0.1, 0.15) is 5.69 Å². The Balaban J connectivity index is 1.41. The van der Waals surface area contributed by atoms with Crippen LogP contribution in [0.4, 0.5) is 0 Å². The van der Waals surface area contributed by atoms with Crippen LogP contribution in [0.15, 0.2) is 54.7 Å². The summed E-state index contributed by atoms with van der Waals surface area (Å²) in [7, 11) is 0. The van der Waals surface area contributed by atoms with E-state index in [0.29, 0.717) is 30.2 Å². The minimum atomic E-state index is -0.302. The Labute approximate surface area is 161 Å². The Morgan fingerprint density at radius 3 is 2.37 bits per heavy atom. The monoisotopic (exact) mass is 383 g/mol. The maximum Gasteiger partial charge on any atom is 0.271 e. The predicted molar refractivity (Wildman–Crippen MR) is 103 cm³/mol. The molecule has 0 spiro atoms. The first-order valence-corrected chi connectivity index (χ1v) is 8.80. The molecule has 0 aliphatic heterocycles. The van der Waals surface area contributed by atoms with Gasteiger partial charge in [0, 0.05) is 24.3 Å². The van der Waals surface area contributed by atoms with Gasteiger partial charge in [0.25, 0.3) is 11.8 Å². The molecule has 2 heterocycles. The number of carbonyl (C=O) groups excluding carboxylic acids is 2. The summed E-state index contributed by atoms with van der Waals surface area (Å²) in [5.74, 6) is -0.570. The molecule has 0 aliphatic rings. The van der Waals surface area contributed by atoms with Crippen molar-refractivity contribution in [2.45, 2.75) is 6.42 Å². The van der Waals surface area contributed by atoms with Crippen molar-refractivity contribution in [3.05, 3.63) is 71.1 Å². The molecule has 0 aliphatic carbocycles. The second-order valence-corrected chi connectivity index (χ2v) is 6.19. The maximum absolute atomic E-state index is 12.1. The largest absolute Gasteiger partial charge is 0.351 e. The summed E-state index contributed by atoms with van der Waals surface area (Å²) < 4.78 is 0. The molecular weight excluding hydrogens is 366 g/mol. The van der Waals surface area contributed by atoms with Gasteiger partial charge in [-0.05, 0) is 30.2 Å². The number of carbonyl (C=O) groups is 2. The minimum Gasteiger partial charge on any atom is -0.351 e. The first-order valence-electron chi connectivity index (χ1n) is 8.42. The number of hydrogen-bond donors (Lipinski definition) is 3. The van der Waals surface area contributed by atoms with E-state index in [1.807, 2.05) is 30.3 Å². The summed E-state index contributed by atoms with van der Waals surface area (Å²) >= 11 is 5.83. The van der Waals surface area contributed by atoms with Gasteiger partial charge in [-0.25, -0.2) is 0 Å². The molecule has 0 saturated heterocycles. The van der Waals surface area contributed by atoms with Gasteiger partial charge in [-0.15, -0.1) is 0 Å². The fourth-order valence-electron chi connectivity index (χ4n) is 2.41. The third kappa shape index (κ3) is 5.15. The number of halogens is 1. The lowest BCUT2D eigenvalue weighted by molar-refractivity contribution is 0.0946. The van der Waals surface area contributed by atoms with Gasteiger partial charge in [-0.1, -0.05) is 41.9 Å². The molecule has 8 heteroatoms. The zero-order valence-electron chi connectivity index (χ0n) is 14.4. The number of nitrogens with one attached hydrogen (secondary N) is 3. The fraction of sp³-hybridized carbons (Fsp3) is 0.158. The average molecular weight is 384 g/mol. The number of rotatable bonds is 7. The summed E-state index contributed by atoms with van der Waals surface area (Å²) in [5, 5.41) is 12.9. The Morgan fingerprint density at radius 2 is 1.67 bits per heavy atom. The molecule has 0 saturated carbocycles. The Bertz CT molecular complexity index is 927. The van der Waals surface area contributed by atoms with E-state index < -0.39 is 0 Å². The third-order valence-electron chi connectivity index (χ3n) is 3.77. The van der Waals surface area contributed by atoms with E-state index in [-0.39, 0.29) is 17.5 Å². The van der Waals surface area contributed by atoms with Crippen molar-refractivity contribution in [2.75, 3.05) is 13.1 Å². The molecule has 3 N–H and O–H groups in total. The molecule has 1 aromatic carbocycles. The molecule has 0 radical (unpaired) electrons. The van der Waals surface area contributed by atoms with Crippen molar-refractivity contribution >= 4 is 23.4 Å². The molecule has 2 aromatic heterocycles. The van der Waals surface area contributed by atoms with Crippen molar-refractivity contribution in [2.24, 2.45) is 0 Å². The molecule has 2 amide bonds. The highest BCUT2D eigenvalue weighted by Crippen LogP contribution is 2.16. The van der Waals surface area contributed by atoms with Crippen molar-refractivity contribution < 1.29 is 9.59 Å². The van der Waals surface area contributed by atoms with Gasteiger partial charge in [0.15, 0.2) is 5.69 Å². The molecule has 7 nitrogen and oxygen atoms in total. The third-order valence-corrected chi connectivity index (χ3v) is 4.01. The van der Waals surface area contributed by atoms with Crippen LogP contribution in [0.25, 0.3) is 11.3 Å². The smallest absolute Gasteiger partial charge is 0.271 e. The van der Waals surface area contributed by atoms with E-state index in [1.54, 1.807) is 12.1 Å². The molecule has 0 fully saturated rings. The highest BCUT2D eigenvalue weighted by molar-refractivity contribution is 6.30. The zero-order chi connectivity index (χ0) is 19.1. The number of hydrogen-bond acceptors (Lipinski definition) is 4. The van der Waals surface area contributed by atoms with Gasteiger partial charge in [-0.2, -0.15) is 5.10 Å². The normalized spacial score (nSPS) is 10.4. The standard InChI is InChI=1S/C19H18ClN5O2/c20-14-7-10-21-16(11-14)18(26)22-8-4-9-23-19(27)17-12-15(24-25-17)13-5-2-1-3-6-13/h1-3,5-7,10-12H,4,8-9H2,(H,22,26)(H,23,27)(H,24,25). The van der Waals surface area contributed by atoms with Gasteiger partial charge in [-0.3, -0.25) is 19.7 Å². The zero-order valence-corrected chi connectivity index (χ0v) is 15.2. The number of H-pyrrole nitrogens is 1. The Hall–Kier alpha value is -3.19. The molecular formula is C19H18ClN5O2. The number of benzene rings is 1. The average Bonchev–Trinajstić information content (AvgIpc) is 3.18. The summed E-state index contributed by atoms with van der Waals surface area (Å²) in [6.45, 7) is 0.818. The van der Waals surface area contributed by atoms with E-state index in [0.717, 1.165) is 11.3 Å². The molecule has 138 valence electrons. The molecule has 0 unspecified atom stereocenters. The van der Waals surface area contributed by atoms with Crippen molar-refractivity contribution in [3.8, 4) is 11.3 Å². The molecule has 27 heavy (non-hydrogen) atoms. The van der Waals surface area contributed by atoms with Crippen molar-refractivity contribution in [1.82, 2.24) is 25.8 Å². The Kier molecular flexibility index (Phi) is 6.17. The lowest BCUT2D eigenvalue weighted by Crippen LogP contribution is -2.30. The highest BCUT2D eigenvalue weighted by atomic mass is 35.5.